The Hall–Kier alpha value is -0.930. The van der Waals surface area contributed by atoms with E-state index in [1.165, 1.54) is 0 Å². The predicted molar refractivity (Wildman–Crippen MR) is 70.2 cm³/mol. The summed E-state index contributed by atoms with van der Waals surface area (Å²) in [5.41, 5.74) is 1.68. The maximum Gasteiger partial charge on any atom is 0.210 e. The third-order valence-electron chi connectivity index (χ3n) is 3.77. The average molecular weight is 251 g/mol. The molecular weight excluding hydrogens is 229 g/mol. The highest BCUT2D eigenvalue weighted by atomic mass is 19.1. The number of benzene rings is 1. The summed E-state index contributed by atoms with van der Waals surface area (Å²) < 4.78 is 15.1. The second kappa shape index (κ2) is 5.81. The number of nitrogens with zero attached hydrogens (tertiary/aromatic N) is 1. The fourth-order valence-corrected chi connectivity index (χ4v) is 2.68. The zero-order chi connectivity index (χ0) is 13.0. The highest BCUT2D eigenvalue weighted by molar-refractivity contribution is 5.32. The molecule has 0 saturated carbocycles. The Kier molecular flexibility index (Phi) is 4.36. The molecule has 0 bridgehead atoms. The van der Waals surface area contributed by atoms with Gasteiger partial charge in [0.15, 0.2) is 0 Å². The number of piperidine rings is 1. The summed E-state index contributed by atoms with van der Waals surface area (Å²) >= 11 is 0. The van der Waals surface area contributed by atoms with Crippen LogP contribution in [-0.2, 0) is 12.2 Å². The summed E-state index contributed by atoms with van der Waals surface area (Å²) in [6.07, 6.45) is 5.10. The fraction of sp³-hybridized carbons (Fsp3) is 0.600. The van der Waals surface area contributed by atoms with Gasteiger partial charge in [0.1, 0.15) is 0 Å². The van der Waals surface area contributed by atoms with Crippen molar-refractivity contribution in [2.24, 2.45) is 0 Å². The number of aryl methyl sites for hydroxylation is 1. The van der Waals surface area contributed by atoms with E-state index in [1.807, 2.05) is 24.3 Å². The van der Waals surface area contributed by atoms with Crippen molar-refractivity contribution in [2.75, 3.05) is 6.54 Å². The van der Waals surface area contributed by atoms with Crippen molar-refractivity contribution >= 4 is 0 Å². The summed E-state index contributed by atoms with van der Waals surface area (Å²) in [6.45, 7) is 2.55. The molecule has 0 radical (unpaired) electrons. The minimum absolute atomic E-state index is 0.382. The third kappa shape index (κ3) is 2.57. The molecule has 3 heteroatoms. The van der Waals surface area contributed by atoms with Crippen LogP contribution >= 0.6 is 0 Å². The van der Waals surface area contributed by atoms with Gasteiger partial charge in [-0.1, -0.05) is 37.6 Å². The lowest BCUT2D eigenvalue weighted by molar-refractivity contribution is -0.250. The molecule has 0 amide bonds. The monoisotopic (exact) mass is 251 g/mol. The van der Waals surface area contributed by atoms with Crippen LogP contribution in [0.5, 0.6) is 0 Å². The molecular formula is C15H22FNO. The van der Waals surface area contributed by atoms with Gasteiger partial charge < -0.3 is 5.21 Å². The quantitative estimate of drug-likeness (QED) is 0.817. The first kappa shape index (κ1) is 13.5. The van der Waals surface area contributed by atoms with Gasteiger partial charge in [0.2, 0.25) is 5.79 Å². The molecule has 2 nitrogen and oxygen atoms in total. The molecule has 0 spiro atoms. The molecule has 18 heavy (non-hydrogen) atoms. The van der Waals surface area contributed by atoms with Crippen LogP contribution in [-0.4, -0.2) is 16.8 Å². The van der Waals surface area contributed by atoms with Crippen molar-refractivity contribution in [1.82, 2.24) is 5.06 Å². The number of alkyl halides is 1. The normalized spacial score (nSPS) is 25.3. The second-order valence-corrected chi connectivity index (χ2v) is 5.10. The smallest absolute Gasteiger partial charge is 0.210 e. The lowest BCUT2D eigenvalue weighted by Crippen LogP contribution is -2.44. The van der Waals surface area contributed by atoms with Gasteiger partial charge in [-0.2, -0.15) is 5.06 Å². The Balaban J connectivity index is 2.30. The lowest BCUT2D eigenvalue weighted by Gasteiger charge is -2.38. The van der Waals surface area contributed by atoms with E-state index in [2.05, 4.69) is 6.92 Å². The van der Waals surface area contributed by atoms with Crippen LogP contribution in [0.4, 0.5) is 4.39 Å². The van der Waals surface area contributed by atoms with Crippen molar-refractivity contribution in [1.29, 1.82) is 0 Å². The summed E-state index contributed by atoms with van der Waals surface area (Å²) in [5.74, 6) is -1.69. The van der Waals surface area contributed by atoms with Gasteiger partial charge in [-0.15, -0.1) is 0 Å². The molecule has 1 aromatic rings. The minimum atomic E-state index is -1.69. The molecule has 1 saturated heterocycles. The Morgan fingerprint density at radius 3 is 2.83 bits per heavy atom. The van der Waals surface area contributed by atoms with E-state index in [0.29, 0.717) is 18.5 Å². The summed E-state index contributed by atoms with van der Waals surface area (Å²) in [4.78, 5) is 0. The highest BCUT2D eigenvalue weighted by Gasteiger charge is 2.41. The van der Waals surface area contributed by atoms with Crippen molar-refractivity contribution < 1.29 is 9.60 Å². The van der Waals surface area contributed by atoms with E-state index in [-0.39, 0.29) is 0 Å². The van der Waals surface area contributed by atoms with Crippen LogP contribution in [0.15, 0.2) is 24.3 Å². The lowest BCUT2D eigenvalue weighted by atomic mass is 9.89. The Morgan fingerprint density at radius 2 is 2.11 bits per heavy atom. The van der Waals surface area contributed by atoms with Gasteiger partial charge in [-0.25, -0.2) is 4.39 Å². The number of hydrogen-bond donors (Lipinski definition) is 1. The Morgan fingerprint density at radius 1 is 1.33 bits per heavy atom. The van der Waals surface area contributed by atoms with Crippen LogP contribution in [0.1, 0.15) is 50.2 Å². The van der Waals surface area contributed by atoms with Crippen LogP contribution in [0.2, 0.25) is 0 Å². The predicted octanol–water partition coefficient (Wildman–Crippen LogP) is 4.03. The van der Waals surface area contributed by atoms with Gasteiger partial charge in [0.25, 0.3) is 0 Å². The van der Waals surface area contributed by atoms with E-state index in [9.17, 15) is 5.21 Å². The average Bonchev–Trinajstić information content (AvgIpc) is 2.40. The number of halogens is 1. The topological polar surface area (TPSA) is 23.5 Å². The number of hydrogen-bond acceptors (Lipinski definition) is 2. The van der Waals surface area contributed by atoms with Crippen LogP contribution in [0.3, 0.4) is 0 Å². The SMILES string of the molecule is CCCCc1ccccc1C1(F)CCCCN1O. The molecule has 0 aliphatic carbocycles. The first-order valence-electron chi connectivity index (χ1n) is 6.92. The molecule has 1 atom stereocenters. The standard InChI is InChI=1S/C15H22FNO/c1-2-3-8-13-9-4-5-10-14(13)15(16)11-6-7-12-17(15)18/h4-5,9-10,18H,2-3,6-8,11-12H2,1H3. The third-order valence-corrected chi connectivity index (χ3v) is 3.77. The maximum atomic E-state index is 15.1. The Bertz CT molecular complexity index is 396. The number of hydroxylamine groups is 2. The zero-order valence-corrected chi connectivity index (χ0v) is 11.0. The molecule has 1 heterocycles. The van der Waals surface area contributed by atoms with E-state index in [4.69, 9.17) is 0 Å². The van der Waals surface area contributed by atoms with Crippen LogP contribution in [0, 0.1) is 0 Å². The van der Waals surface area contributed by atoms with Gasteiger partial charge in [0.05, 0.1) is 0 Å². The van der Waals surface area contributed by atoms with E-state index in [0.717, 1.165) is 42.7 Å². The molecule has 1 aliphatic rings. The van der Waals surface area contributed by atoms with E-state index in [1.54, 1.807) is 0 Å². The summed E-state index contributed by atoms with van der Waals surface area (Å²) in [5, 5.41) is 10.8. The zero-order valence-electron chi connectivity index (χ0n) is 11.0. The number of rotatable bonds is 4. The molecule has 0 aromatic heterocycles. The van der Waals surface area contributed by atoms with Crippen molar-refractivity contribution in [3.8, 4) is 0 Å². The molecule has 1 fully saturated rings. The maximum absolute atomic E-state index is 15.1. The van der Waals surface area contributed by atoms with Crippen LogP contribution in [0.25, 0.3) is 0 Å². The van der Waals surface area contributed by atoms with Gasteiger partial charge >= 0.3 is 0 Å². The van der Waals surface area contributed by atoms with Crippen molar-refractivity contribution in [2.45, 2.75) is 51.2 Å². The van der Waals surface area contributed by atoms with E-state index < -0.39 is 5.79 Å². The van der Waals surface area contributed by atoms with Gasteiger partial charge in [-0.05, 0) is 31.2 Å². The summed E-state index contributed by atoms with van der Waals surface area (Å²) in [7, 11) is 0. The van der Waals surface area contributed by atoms with Gasteiger partial charge in [0, 0.05) is 18.5 Å². The first-order valence-corrected chi connectivity index (χ1v) is 6.92. The Labute approximate surface area is 108 Å². The first-order chi connectivity index (χ1) is 8.68. The molecule has 1 aromatic carbocycles. The molecule has 1 unspecified atom stereocenters. The fourth-order valence-electron chi connectivity index (χ4n) is 2.68. The molecule has 2 rings (SSSR count). The molecule has 1 aliphatic heterocycles. The largest absolute Gasteiger partial charge is 0.311 e. The minimum Gasteiger partial charge on any atom is -0.311 e. The highest BCUT2D eigenvalue weighted by Crippen LogP contribution is 2.39. The number of unbranched alkanes of at least 4 members (excludes halogenated alkanes) is 1. The van der Waals surface area contributed by atoms with Gasteiger partial charge in [-0.3, -0.25) is 0 Å². The molecule has 100 valence electrons. The van der Waals surface area contributed by atoms with Crippen molar-refractivity contribution in [3.05, 3.63) is 35.4 Å². The van der Waals surface area contributed by atoms with Crippen LogP contribution < -0.4 is 0 Å². The summed E-state index contributed by atoms with van der Waals surface area (Å²) in [6, 6.07) is 7.60. The van der Waals surface area contributed by atoms with Crippen molar-refractivity contribution in [3.63, 3.8) is 0 Å². The molecule has 1 N–H and O–H groups in total. The van der Waals surface area contributed by atoms with E-state index >= 15 is 4.39 Å². The second-order valence-electron chi connectivity index (χ2n) is 5.10.